The van der Waals surface area contributed by atoms with Gasteiger partial charge in [-0.25, -0.2) is 0 Å². The summed E-state index contributed by atoms with van der Waals surface area (Å²) in [6.07, 6.45) is -11.8. The van der Waals surface area contributed by atoms with E-state index < -0.39 is 60.6 Å². The van der Waals surface area contributed by atoms with Crippen molar-refractivity contribution in [1.29, 1.82) is 0 Å². The van der Waals surface area contributed by atoms with Crippen molar-refractivity contribution in [2.75, 3.05) is 0 Å². The second-order valence-electron chi connectivity index (χ2n) is 4.98. The zero-order chi connectivity index (χ0) is 21.6. The number of rotatable bonds is 8. The molecule has 0 aliphatic carbocycles. The summed E-state index contributed by atoms with van der Waals surface area (Å²) < 4.78 is 165. The fourth-order valence-corrected chi connectivity index (χ4v) is 1.42. The van der Waals surface area contributed by atoms with E-state index in [1.807, 2.05) is 0 Å². The number of hydrogen-bond donors (Lipinski definition) is 2. The third-order valence-corrected chi connectivity index (χ3v) is 3.08. The van der Waals surface area contributed by atoms with Crippen molar-refractivity contribution in [2.45, 2.75) is 54.7 Å². The molecular formula is C10H8F13NO2. The largest absolute Gasteiger partial charge is 0.480 e. The van der Waals surface area contributed by atoms with Gasteiger partial charge in [0.25, 0.3) is 0 Å². The number of nitrogens with two attached hydrogens (primary N) is 1. The van der Waals surface area contributed by atoms with E-state index in [1.165, 1.54) is 0 Å². The predicted octanol–water partition coefficient (Wildman–Crippen LogP) is 3.92. The van der Waals surface area contributed by atoms with Crippen LogP contribution in [0.2, 0.25) is 0 Å². The summed E-state index contributed by atoms with van der Waals surface area (Å²) in [7, 11) is 0. The molecule has 3 nitrogen and oxygen atoms in total. The Labute approximate surface area is 134 Å². The summed E-state index contributed by atoms with van der Waals surface area (Å²) in [5.41, 5.74) is 4.61. The lowest BCUT2D eigenvalue weighted by Gasteiger charge is -2.39. The Bertz CT molecular complexity index is 528. The molecule has 0 saturated heterocycles. The van der Waals surface area contributed by atoms with Gasteiger partial charge in [0, 0.05) is 6.42 Å². The molecule has 0 saturated carbocycles. The van der Waals surface area contributed by atoms with Gasteiger partial charge in [-0.05, 0) is 6.42 Å². The first kappa shape index (κ1) is 24.5. The van der Waals surface area contributed by atoms with Crippen LogP contribution < -0.4 is 5.73 Å². The van der Waals surface area contributed by atoms with Crippen LogP contribution in [-0.4, -0.2) is 52.9 Å². The lowest BCUT2D eigenvalue weighted by atomic mass is 9.91. The second kappa shape index (κ2) is 6.60. The number of carboxylic acid groups (broad SMARTS) is 1. The van der Waals surface area contributed by atoms with E-state index in [0.29, 0.717) is 0 Å². The third kappa shape index (κ3) is 3.64. The van der Waals surface area contributed by atoms with Crippen LogP contribution in [0.15, 0.2) is 0 Å². The predicted molar refractivity (Wildman–Crippen MR) is 55.6 cm³/mol. The first-order valence-electron chi connectivity index (χ1n) is 6.02. The van der Waals surface area contributed by atoms with E-state index in [-0.39, 0.29) is 0 Å². The van der Waals surface area contributed by atoms with E-state index in [2.05, 4.69) is 5.73 Å². The van der Waals surface area contributed by atoms with Crippen molar-refractivity contribution in [3.63, 3.8) is 0 Å². The molecule has 1 atom stereocenters. The van der Waals surface area contributed by atoms with Crippen LogP contribution >= 0.6 is 0 Å². The van der Waals surface area contributed by atoms with Crippen molar-refractivity contribution < 1.29 is 67.0 Å². The van der Waals surface area contributed by atoms with Crippen LogP contribution in [0.3, 0.4) is 0 Å². The van der Waals surface area contributed by atoms with Gasteiger partial charge in [0.1, 0.15) is 6.04 Å². The number of carbonyl (C=O) groups is 1. The van der Waals surface area contributed by atoms with Crippen LogP contribution in [0.1, 0.15) is 12.8 Å². The van der Waals surface area contributed by atoms with Gasteiger partial charge in [-0.15, -0.1) is 0 Å². The highest BCUT2D eigenvalue weighted by Crippen LogP contribution is 2.60. The molecule has 0 aliphatic heterocycles. The Morgan fingerprint density at radius 1 is 0.731 bits per heavy atom. The maximum Gasteiger partial charge on any atom is 0.460 e. The molecule has 0 heterocycles. The van der Waals surface area contributed by atoms with Crippen LogP contribution in [0.4, 0.5) is 57.1 Å². The van der Waals surface area contributed by atoms with Crippen molar-refractivity contribution in [3.05, 3.63) is 0 Å². The molecule has 0 amide bonds. The van der Waals surface area contributed by atoms with Gasteiger partial charge >= 0.3 is 41.8 Å². The smallest absolute Gasteiger partial charge is 0.460 e. The van der Waals surface area contributed by atoms with Gasteiger partial charge in [-0.1, -0.05) is 0 Å². The summed E-state index contributed by atoms with van der Waals surface area (Å²) in [5.74, 6) is -39.5. The van der Waals surface area contributed by atoms with E-state index >= 15 is 0 Å². The van der Waals surface area contributed by atoms with E-state index in [9.17, 15) is 61.9 Å². The molecular weight excluding hydrogens is 413 g/mol. The van der Waals surface area contributed by atoms with Crippen molar-refractivity contribution in [1.82, 2.24) is 0 Å². The number of aliphatic carboxylic acids is 1. The van der Waals surface area contributed by atoms with Gasteiger partial charge < -0.3 is 10.8 Å². The number of halogens is 13. The summed E-state index contributed by atoms with van der Waals surface area (Å²) >= 11 is 0. The lowest BCUT2D eigenvalue weighted by Crippen LogP contribution is -2.70. The van der Waals surface area contributed by atoms with Crippen LogP contribution in [0.25, 0.3) is 0 Å². The number of hydrogen-bond acceptors (Lipinski definition) is 2. The Morgan fingerprint density at radius 3 is 1.38 bits per heavy atom. The molecule has 3 N–H and O–H groups in total. The summed E-state index contributed by atoms with van der Waals surface area (Å²) in [6.45, 7) is 0. The molecule has 0 aliphatic rings. The Balaban J connectivity index is 5.96. The highest BCUT2D eigenvalue weighted by atomic mass is 19.4. The molecule has 0 aromatic carbocycles. The minimum atomic E-state index is -7.97. The molecule has 0 spiro atoms. The maximum atomic E-state index is 13.2. The quantitative estimate of drug-likeness (QED) is 0.585. The van der Waals surface area contributed by atoms with Gasteiger partial charge in [-0.3, -0.25) is 4.79 Å². The van der Waals surface area contributed by atoms with Gasteiger partial charge in [0.15, 0.2) is 0 Å². The molecule has 0 aromatic rings. The van der Waals surface area contributed by atoms with Crippen LogP contribution in [0.5, 0.6) is 0 Å². The zero-order valence-electron chi connectivity index (χ0n) is 11.8. The maximum absolute atomic E-state index is 13.2. The average molecular weight is 421 g/mol. The fraction of sp³-hybridized carbons (Fsp3) is 0.900. The summed E-state index contributed by atoms with van der Waals surface area (Å²) in [5, 5.41) is 8.22. The first-order valence-corrected chi connectivity index (χ1v) is 6.02. The molecule has 1 unspecified atom stereocenters. The van der Waals surface area contributed by atoms with Gasteiger partial charge in [0.05, 0.1) is 0 Å². The average Bonchev–Trinajstić information content (AvgIpc) is 2.42. The molecule has 0 rings (SSSR count). The van der Waals surface area contributed by atoms with E-state index in [1.54, 1.807) is 0 Å². The van der Waals surface area contributed by atoms with Crippen LogP contribution in [-0.2, 0) is 4.79 Å². The van der Waals surface area contributed by atoms with E-state index in [4.69, 9.17) is 5.11 Å². The highest BCUT2D eigenvalue weighted by Gasteiger charge is 2.90. The normalized spacial score (nSPS) is 16.5. The fourth-order valence-electron chi connectivity index (χ4n) is 1.42. The minimum absolute atomic E-state index is 1.71. The number of carboxylic acids is 1. The minimum Gasteiger partial charge on any atom is -0.480 e. The molecule has 0 fully saturated rings. The zero-order valence-corrected chi connectivity index (χ0v) is 11.8. The lowest BCUT2D eigenvalue weighted by molar-refractivity contribution is -0.440. The highest BCUT2D eigenvalue weighted by molar-refractivity contribution is 5.72. The molecule has 0 bridgehead atoms. The van der Waals surface area contributed by atoms with E-state index in [0.717, 1.165) is 0 Å². The monoisotopic (exact) mass is 421 g/mol. The molecule has 26 heavy (non-hydrogen) atoms. The number of alkyl halides is 13. The summed E-state index contributed by atoms with van der Waals surface area (Å²) in [6, 6.07) is -2.36. The first-order chi connectivity index (χ1) is 11.1. The molecule has 0 radical (unpaired) electrons. The van der Waals surface area contributed by atoms with Gasteiger partial charge in [0.2, 0.25) is 0 Å². The Morgan fingerprint density at radius 2 is 1.08 bits per heavy atom. The molecule has 156 valence electrons. The summed E-state index contributed by atoms with van der Waals surface area (Å²) in [4.78, 5) is 10.2. The topological polar surface area (TPSA) is 63.3 Å². The van der Waals surface area contributed by atoms with Gasteiger partial charge in [-0.2, -0.15) is 57.1 Å². The standard InChI is InChI=1S/C10H8F13NO2/c11-5(12,2-1-3(24)4(25)26)6(13,14)7(15,16)8(17,18)9(19,20)10(21,22)23/h3H,1-2,24H2,(H,25,26). The second-order valence-corrected chi connectivity index (χ2v) is 4.98. The third-order valence-electron chi connectivity index (χ3n) is 3.08. The Kier molecular flexibility index (Phi) is 6.22. The molecule has 16 heteroatoms. The van der Waals surface area contributed by atoms with Crippen molar-refractivity contribution >= 4 is 5.97 Å². The Hall–Kier alpha value is -1.48. The van der Waals surface area contributed by atoms with Crippen LogP contribution in [0, 0.1) is 0 Å². The molecule has 0 aromatic heterocycles. The SMILES string of the molecule is NC(CCC(F)(F)C(F)(F)C(F)(F)C(F)(F)C(F)(F)C(F)(F)F)C(=O)O. The van der Waals surface area contributed by atoms with Crippen molar-refractivity contribution in [2.24, 2.45) is 5.73 Å². The van der Waals surface area contributed by atoms with Crippen molar-refractivity contribution in [3.8, 4) is 0 Å².